The maximum Gasteiger partial charge on any atom is 0.0558 e. The van der Waals surface area contributed by atoms with Gasteiger partial charge in [0.15, 0.2) is 0 Å². The molecule has 0 unspecified atom stereocenters. The summed E-state index contributed by atoms with van der Waals surface area (Å²) in [4.78, 5) is 0. The first kappa shape index (κ1) is 11.4. The number of nitrogens with two attached hydrogens (primary N) is 1. The average Bonchev–Trinajstić information content (AvgIpc) is 2.25. The SMILES string of the molecule is C/C(=C/c1ccccc1)C1(CN)CC(O)C1. The van der Waals surface area contributed by atoms with Gasteiger partial charge in [-0.25, -0.2) is 0 Å². The normalized spacial score (nSPS) is 29.9. The summed E-state index contributed by atoms with van der Waals surface area (Å²) in [5, 5.41) is 9.45. The van der Waals surface area contributed by atoms with Gasteiger partial charge in [0.05, 0.1) is 6.10 Å². The van der Waals surface area contributed by atoms with Gasteiger partial charge in [0.2, 0.25) is 0 Å². The van der Waals surface area contributed by atoms with Crippen LogP contribution in [-0.2, 0) is 0 Å². The van der Waals surface area contributed by atoms with Crippen molar-refractivity contribution in [1.29, 1.82) is 0 Å². The van der Waals surface area contributed by atoms with Gasteiger partial charge in [0, 0.05) is 12.0 Å². The van der Waals surface area contributed by atoms with Crippen LogP contribution < -0.4 is 5.73 Å². The zero-order valence-corrected chi connectivity index (χ0v) is 9.69. The fourth-order valence-corrected chi connectivity index (χ4v) is 2.44. The average molecular weight is 217 g/mol. The topological polar surface area (TPSA) is 46.2 Å². The van der Waals surface area contributed by atoms with Crippen LogP contribution in [0.15, 0.2) is 35.9 Å². The standard InChI is InChI=1S/C14H19NO/c1-11(7-12-5-3-2-4-6-12)14(10-15)8-13(16)9-14/h2-7,13,16H,8-10,15H2,1H3/b11-7-. The number of hydrogen-bond donors (Lipinski definition) is 2. The molecule has 1 fully saturated rings. The van der Waals surface area contributed by atoms with Crippen LogP contribution in [0.1, 0.15) is 25.3 Å². The molecule has 1 aromatic rings. The Morgan fingerprint density at radius 1 is 1.44 bits per heavy atom. The summed E-state index contributed by atoms with van der Waals surface area (Å²) in [7, 11) is 0. The summed E-state index contributed by atoms with van der Waals surface area (Å²) in [6.07, 6.45) is 3.62. The molecule has 3 N–H and O–H groups in total. The van der Waals surface area contributed by atoms with E-state index in [0.29, 0.717) is 6.54 Å². The Kier molecular flexibility index (Phi) is 3.13. The molecule has 0 aromatic heterocycles. The molecule has 0 atom stereocenters. The Balaban J connectivity index is 2.18. The highest BCUT2D eigenvalue weighted by atomic mass is 16.3. The number of rotatable bonds is 3. The van der Waals surface area contributed by atoms with Gasteiger partial charge in [-0.05, 0) is 25.3 Å². The van der Waals surface area contributed by atoms with Gasteiger partial charge in [-0.1, -0.05) is 42.0 Å². The lowest BCUT2D eigenvalue weighted by Crippen LogP contribution is -2.46. The lowest BCUT2D eigenvalue weighted by Gasteiger charge is -2.46. The van der Waals surface area contributed by atoms with Crippen molar-refractivity contribution in [3.8, 4) is 0 Å². The Morgan fingerprint density at radius 2 is 2.06 bits per heavy atom. The zero-order valence-electron chi connectivity index (χ0n) is 9.69. The fraction of sp³-hybridized carbons (Fsp3) is 0.429. The molecule has 1 aliphatic rings. The van der Waals surface area contributed by atoms with E-state index >= 15 is 0 Å². The van der Waals surface area contributed by atoms with Crippen LogP contribution in [0.2, 0.25) is 0 Å². The van der Waals surface area contributed by atoms with Crippen LogP contribution in [0.4, 0.5) is 0 Å². The fourth-order valence-electron chi connectivity index (χ4n) is 2.44. The third-order valence-corrected chi connectivity index (χ3v) is 3.66. The molecule has 86 valence electrons. The smallest absolute Gasteiger partial charge is 0.0558 e. The quantitative estimate of drug-likeness (QED) is 0.815. The van der Waals surface area contributed by atoms with E-state index in [-0.39, 0.29) is 11.5 Å². The van der Waals surface area contributed by atoms with Crippen molar-refractivity contribution in [2.24, 2.45) is 11.1 Å². The van der Waals surface area contributed by atoms with Crippen molar-refractivity contribution in [3.63, 3.8) is 0 Å². The third-order valence-electron chi connectivity index (χ3n) is 3.66. The van der Waals surface area contributed by atoms with Gasteiger partial charge in [0.1, 0.15) is 0 Å². The van der Waals surface area contributed by atoms with Gasteiger partial charge in [-0.2, -0.15) is 0 Å². The molecular weight excluding hydrogens is 198 g/mol. The van der Waals surface area contributed by atoms with E-state index < -0.39 is 0 Å². The predicted octanol–water partition coefficient (Wildman–Crippen LogP) is 2.19. The number of aliphatic hydroxyl groups excluding tert-OH is 1. The Labute approximate surface area is 96.8 Å². The van der Waals surface area contributed by atoms with E-state index in [0.717, 1.165) is 12.8 Å². The molecule has 0 aliphatic heterocycles. The van der Waals surface area contributed by atoms with Gasteiger partial charge in [-0.15, -0.1) is 0 Å². The zero-order chi connectivity index (χ0) is 11.6. The second-order valence-corrected chi connectivity index (χ2v) is 4.78. The van der Waals surface area contributed by atoms with Crippen molar-refractivity contribution < 1.29 is 5.11 Å². The van der Waals surface area contributed by atoms with E-state index in [4.69, 9.17) is 5.73 Å². The lowest BCUT2D eigenvalue weighted by molar-refractivity contribution is -0.00257. The summed E-state index contributed by atoms with van der Waals surface area (Å²) in [5.74, 6) is 0. The molecule has 0 amide bonds. The summed E-state index contributed by atoms with van der Waals surface area (Å²) < 4.78 is 0. The molecule has 1 aromatic carbocycles. The first-order valence-electron chi connectivity index (χ1n) is 5.78. The van der Waals surface area contributed by atoms with Crippen molar-refractivity contribution in [1.82, 2.24) is 0 Å². The molecule has 2 nitrogen and oxygen atoms in total. The van der Waals surface area contributed by atoms with Gasteiger partial charge in [0.25, 0.3) is 0 Å². The van der Waals surface area contributed by atoms with E-state index in [1.165, 1.54) is 11.1 Å². The van der Waals surface area contributed by atoms with Gasteiger partial charge >= 0.3 is 0 Å². The van der Waals surface area contributed by atoms with Crippen molar-refractivity contribution in [2.45, 2.75) is 25.9 Å². The summed E-state index contributed by atoms with van der Waals surface area (Å²) >= 11 is 0. The van der Waals surface area contributed by atoms with Crippen LogP contribution in [0.3, 0.4) is 0 Å². The number of benzene rings is 1. The highest BCUT2D eigenvalue weighted by molar-refractivity contribution is 5.54. The molecule has 2 rings (SSSR count). The lowest BCUT2D eigenvalue weighted by atomic mass is 9.62. The van der Waals surface area contributed by atoms with E-state index in [1.807, 2.05) is 18.2 Å². The van der Waals surface area contributed by atoms with Crippen LogP contribution in [0.25, 0.3) is 6.08 Å². The molecular formula is C14H19NO. The Hall–Kier alpha value is -1.12. The van der Waals surface area contributed by atoms with Crippen molar-refractivity contribution in [2.75, 3.05) is 6.54 Å². The Bertz CT molecular complexity index is 377. The molecule has 0 heterocycles. The molecule has 2 heteroatoms. The molecule has 1 saturated carbocycles. The summed E-state index contributed by atoms with van der Waals surface area (Å²) in [6.45, 7) is 2.74. The second-order valence-electron chi connectivity index (χ2n) is 4.78. The third kappa shape index (κ3) is 2.04. The van der Waals surface area contributed by atoms with Crippen molar-refractivity contribution >= 4 is 6.08 Å². The van der Waals surface area contributed by atoms with Crippen molar-refractivity contribution in [3.05, 3.63) is 41.5 Å². The minimum atomic E-state index is -0.164. The molecule has 16 heavy (non-hydrogen) atoms. The summed E-state index contributed by atoms with van der Waals surface area (Å²) in [6, 6.07) is 10.2. The van der Waals surface area contributed by atoms with E-state index in [2.05, 4.69) is 25.1 Å². The number of aliphatic hydroxyl groups is 1. The molecule has 0 spiro atoms. The molecule has 0 bridgehead atoms. The number of hydrogen-bond acceptors (Lipinski definition) is 2. The maximum absolute atomic E-state index is 9.45. The molecule has 1 aliphatic carbocycles. The Morgan fingerprint density at radius 3 is 2.56 bits per heavy atom. The minimum Gasteiger partial charge on any atom is -0.393 e. The van der Waals surface area contributed by atoms with Crippen LogP contribution in [0, 0.1) is 5.41 Å². The summed E-state index contributed by atoms with van der Waals surface area (Å²) in [5.41, 5.74) is 8.36. The largest absolute Gasteiger partial charge is 0.393 e. The van der Waals surface area contributed by atoms with Gasteiger partial charge < -0.3 is 10.8 Å². The van der Waals surface area contributed by atoms with Gasteiger partial charge in [-0.3, -0.25) is 0 Å². The van der Waals surface area contributed by atoms with Crippen LogP contribution in [-0.4, -0.2) is 17.8 Å². The van der Waals surface area contributed by atoms with E-state index in [1.54, 1.807) is 0 Å². The van der Waals surface area contributed by atoms with Crippen LogP contribution >= 0.6 is 0 Å². The highest BCUT2D eigenvalue weighted by Crippen LogP contribution is 2.46. The first-order valence-corrected chi connectivity index (χ1v) is 5.78. The maximum atomic E-state index is 9.45. The monoisotopic (exact) mass is 217 g/mol. The van der Waals surface area contributed by atoms with Crippen LogP contribution in [0.5, 0.6) is 0 Å². The minimum absolute atomic E-state index is 0.0370. The second kappa shape index (κ2) is 4.40. The first-order chi connectivity index (χ1) is 7.66. The predicted molar refractivity (Wildman–Crippen MR) is 66.8 cm³/mol. The highest BCUT2D eigenvalue weighted by Gasteiger charge is 2.43. The molecule has 0 saturated heterocycles. The van der Waals surface area contributed by atoms with E-state index in [9.17, 15) is 5.11 Å². The molecule has 0 radical (unpaired) electrons.